The number of Topliss-reactive ketones (excluding diaryl/α,β-unsaturated/α-hetero) is 1. The summed E-state index contributed by atoms with van der Waals surface area (Å²) >= 11 is 5.91. The topological polar surface area (TPSA) is 50.1 Å². The van der Waals surface area contributed by atoms with Crippen LogP contribution in [0.25, 0.3) is 0 Å². The Hall–Kier alpha value is -1.44. The molecular weight excluding hydrogens is 269 g/mol. The van der Waals surface area contributed by atoms with Crippen molar-refractivity contribution < 1.29 is 13.9 Å². The lowest BCUT2D eigenvalue weighted by molar-refractivity contribution is -0.127. The van der Waals surface area contributed by atoms with Crippen LogP contribution in [-0.4, -0.2) is 19.0 Å². The summed E-state index contributed by atoms with van der Waals surface area (Å²) in [5.74, 6) is -2.45. The fourth-order valence-electron chi connectivity index (χ4n) is 2.26. The largest absolute Gasteiger partial charge is 0.381 e. The summed E-state index contributed by atoms with van der Waals surface area (Å²) in [5, 5.41) is 9.30. The van der Waals surface area contributed by atoms with E-state index >= 15 is 0 Å². The van der Waals surface area contributed by atoms with Crippen molar-refractivity contribution in [3.63, 3.8) is 0 Å². The molecule has 1 saturated heterocycles. The normalized spacial score (nSPS) is 20.6. The summed E-state index contributed by atoms with van der Waals surface area (Å²) in [6.07, 6.45) is 1.45. The maximum atomic E-state index is 13.8. The highest BCUT2D eigenvalue weighted by Crippen LogP contribution is 2.31. The maximum Gasteiger partial charge on any atom is 0.159 e. The van der Waals surface area contributed by atoms with Crippen molar-refractivity contribution in [2.24, 2.45) is 5.92 Å². The highest BCUT2D eigenvalue weighted by Gasteiger charge is 2.32. The second-order valence-electron chi connectivity index (χ2n) is 4.51. The highest BCUT2D eigenvalue weighted by atomic mass is 35.5. The highest BCUT2D eigenvalue weighted by molar-refractivity contribution is 6.31. The molecule has 0 saturated carbocycles. The van der Waals surface area contributed by atoms with Crippen molar-refractivity contribution in [2.45, 2.75) is 18.8 Å². The molecule has 1 aliphatic rings. The Balaban J connectivity index is 2.29. The first-order valence-corrected chi connectivity index (χ1v) is 6.48. The first-order valence-electron chi connectivity index (χ1n) is 6.10. The number of ketones is 1. The molecular formula is C14H13ClFNO2. The summed E-state index contributed by atoms with van der Waals surface area (Å²) in [6, 6.07) is 6.00. The Kier molecular flexibility index (Phi) is 4.52. The van der Waals surface area contributed by atoms with Crippen LogP contribution in [0.1, 0.15) is 24.3 Å². The molecule has 1 aromatic carbocycles. The van der Waals surface area contributed by atoms with Gasteiger partial charge >= 0.3 is 0 Å². The number of carbonyl (C=O) groups excluding carboxylic acids is 1. The van der Waals surface area contributed by atoms with Crippen LogP contribution in [0, 0.1) is 23.1 Å². The number of rotatable bonds is 3. The molecule has 3 nitrogen and oxygen atoms in total. The van der Waals surface area contributed by atoms with Gasteiger partial charge in [-0.2, -0.15) is 5.26 Å². The van der Waals surface area contributed by atoms with Crippen LogP contribution in [0.5, 0.6) is 0 Å². The molecule has 5 heteroatoms. The van der Waals surface area contributed by atoms with E-state index in [4.69, 9.17) is 16.3 Å². The van der Waals surface area contributed by atoms with Gasteiger partial charge in [0.05, 0.1) is 12.7 Å². The molecule has 19 heavy (non-hydrogen) atoms. The predicted octanol–water partition coefficient (Wildman–Crippen LogP) is 3.08. The summed E-state index contributed by atoms with van der Waals surface area (Å²) in [6.45, 7) is 0.921. The fourth-order valence-corrected chi connectivity index (χ4v) is 2.53. The van der Waals surface area contributed by atoms with Gasteiger partial charge in [-0.3, -0.25) is 4.79 Å². The van der Waals surface area contributed by atoms with Crippen molar-refractivity contribution in [2.75, 3.05) is 13.2 Å². The van der Waals surface area contributed by atoms with E-state index in [0.29, 0.717) is 19.6 Å². The summed E-state index contributed by atoms with van der Waals surface area (Å²) in [7, 11) is 0. The predicted molar refractivity (Wildman–Crippen MR) is 68.3 cm³/mol. The van der Waals surface area contributed by atoms with Crippen molar-refractivity contribution >= 4 is 17.4 Å². The van der Waals surface area contributed by atoms with Crippen molar-refractivity contribution in [3.8, 4) is 6.07 Å². The summed E-state index contributed by atoms with van der Waals surface area (Å²) in [4.78, 5) is 12.3. The molecule has 0 N–H and O–H groups in total. The minimum atomic E-state index is -1.17. The number of nitrogens with zero attached hydrogens (tertiary/aromatic N) is 1. The lowest BCUT2D eigenvalue weighted by Crippen LogP contribution is -2.29. The van der Waals surface area contributed by atoms with Gasteiger partial charge in [0.15, 0.2) is 5.78 Å². The molecule has 2 atom stereocenters. The number of carbonyl (C=O) groups is 1. The molecule has 0 aliphatic carbocycles. The first-order chi connectivity index (χ1) is 9.15. The molecule has 2 unspecified atom stereocenters. The summed E-state index contributed by atoms with van der Waals surface area (Å²) in [5.41, 5.74) is -0.0257. The minimum Gasteiger partial charge on any atom is -0.381 e. The minimum absolute atomic E-state index is 0.0257. The molecule has 1 aliphatic heterocycles. The first kappa shape index (κ1) is 14.0. The van der Waals surface area contributed by atoms with Crippen LogP contribution in [-0.2, 0) is 9.53 Å². The number of nitriles is 1. The lowest BCUT2D eigenvalue weighted by Gasteiger charge is -2.23. The lowest BCUT2D eigenvalue weighted by atomic mass is 9.85. The zero-order chi connectivity index (χ0) is 13.8. The number of ether oxygens (including phenoxy) is 1. The zero-order valence-corrected chi connectivity index (χ0v) is 11.0. The third-order valence-electron chi connectivity index (χ3n) is 3.26. The van der Waals surface area contributed by atoms with E-state index in [1.54, 1.807) is 0 Å². The van der Waals surface area contributed by atoms with E-state index < -0.39 is 11.7 Å². The Morgan fingerprint density at radius 1 is 1.58 bits per heavy atom. The summed E-state index contributed by atoms with van der Waals surface area (Å²) < 4.78 is 19.0. The Labute approximate surface area is 115 Å². The molecule has 0 bridgehead atoms. The Morgan fingerprint density at radius 2 is 2.37 bits per heavy atom. The SMILES string of the molecule is N#CC(C(=O)C1CCCOC1)c1c(F)cccc1Cl. The fraction of sp³-hybridized carbons (Fsp3) is 0.429. The van der Waals surface area contributed by atoms with Gasteiger partial charge in [-0.15, -0.1) is 0 Å². The van der Waals surface area contributed by atoms with Crippen LogP contribution < -0.4 is 0 Å². The number of hydrogen-bond donors (Lipinski definition) is 0. The molecule has 0 radical (unpaired) electrons. The van der Waals surface area contributed by atoms with Gasteiger partial charge in [-0.1, -0.05) is 17.7 Å². The van der Waals surface area contributed by atoms with Crippen molar-refractivity contribution in [3.05, 3.63) is 34.6 Å². The molecule has 0 spiro atoms. The number of hydrogen-bond acceptors (Lipinski definition) is 3. The second kappa shape index (κ2) is 6.14. The van der Waals surface area contributed by atoms with Crippen molar-refractivity contribution in [1.82, 2.24) is 0 Å². The van der Waals surface area contributed by atoms with E-state index in [-0.39, 0.29) is 22.3 Å². The molecule has 1 fully saturated rings. The molecule has 2 rings (SSSR count). The van der Waals surface area contributed by atoms with E-state index in [9.17, 15) is 14.4 Å². The van der Waals surface area contributed by atoms with Crippen LogP contribution >= 0.6 is 11.6 Å². The Morgan fingerprint density at radius 3 is 2.95 bits per heavy atom. The van der Waals surface area contributed by atoms with E-state index in [1.165, 1.54) is 18.2 Å². The third-order valence-corrected chi connectivity index (χ3v) is 3.59. The third kappa shape index (κ3) is 2.94. The average molecular weight is 282 g/mol. The van der Waals surface area contributed by atoms with Gasteiger partial charge in [0.25, 0.3) is 0 Å². The molecule has 1 aromatic rings. The van der Waals surface area contributed by atoms with Gasteiger partial charge in [-0.05, 0) is 25.0 Å². The van der Waals surface area contributed by atoms with Gasteiger partial charge in [0.1, 0.15) is 11.7 Å². The van der Waals surface area contributed by atoms with Crippen molar-refractivity contribution in [1.29, 1.82) is 5.26 Å². The van der Waals surface area contributed by atoms with Gasteiger partial charge in [-0.25, -0.2) is 4.39 Å². The quantitative estimate of drug-likeness (QED) is 0.855. The molecule has 100 valence electrons. The van der Waals surface area contributed by atoms with Gasteiger partial charge in [0, 0.05) is 23.1 Å². The maximum absolute atomic E-state index is 13.8. The smallest absolute Gasteiger partial charge is 0.159 e. The van der Waals surface area contributed by atoms with E-state index in [2.05, 4.69) is 0 Å². The monoisotopic (exact) mass is 281 g/mol. The number of benzene rings is 1. The molecule has 0 amide bonds. The average Bonchev–Trinajstić information content (AvgIpc) is 2.43. The molecule has 1 heterocycles. The van der Waals surface area contributed by atoms with E-state index in [1.807, 2.05) is 6.07 Å². The second-order valence-corrected chi connectivity index (χ2v) is 4.92. The van der Waals surface area contributed by atoms with Crippen LogP contribution in [0.3, 0.4) is 0 Å². The molecule has 0 aromatic heterocycles. The zero-order valence-electron chi connectivity index (χ0n) is 10.2. The van der Waals surface area contributed by atoms with Gasteiger partial charge < -0.3 is 4.74 Å². The van der Waals surface area contributed by atoms with Gasteiger partial charge in [0.2, 0.25) is 0 Å². The van der Waals surface area contributed by atoms with Crippen LogP contribution in [0.4, 0.5) is 4.39 Å². The van der Waals surface area contributed by atoms with Crippen LogP contribution in [0.2, 0.25) is 5.02 Å². The Bertz CT molecular complexity index is 500. The van der Waals surface area contributed by atoms with Crippen LogP contribution in [0.15, 0.2) is 18.2 Å². The van der Waals surface area contributed by atoms with E-state index in [0.717, 1.165) is 6.42 Å². The number of halogens is 2. The standard InChI is InChI=1S/C14H13ClFNO2/c15-11-4-1-5-12(16)13(11)10(7-17)14(18)9-3-2-6-19-8-9/h1,4-5,9-10H,2-3,6,8H2.